The summed E-state index contributed by atoms with van der Waals surface area (Å²) in [6, 6.07) is 9.96. The van der Waals surface area contributed by atoms with Gasteiger partial charge in [0.1, 0.15) is 5.76 Å². The Morgan fingerprint density at radius 1 is 1.35 bits per heavy atom. The maximum absolute atomic E-state index is 6.31. The highest BCUT2D eigenvalue weighted by Gasteiger charge is 2.14. The molecule has 3 rings (SSSR count). The van der Waals surface area contributed by atoms with Gasteiger partial charge < -0.3 is 14.0 Å². The zero-order valence-corrected chi connectivity index (χ0v) is 12.7. The van der Waals surface area contributed by atoms with Crippen molar-refractivity contribution >= 4 is 34.9 Å². The number of aromatic amines is 1. The Balaban J connectivity index is 1.93. The minimum Gasteiger partial charge on any atom is -0.469 e. The first-order valence-corrected chi connectivity index (χ1v) is 7.36. The van der Waals surface area contributed by atoms with Crippen molar-refractivity contribution in [1.82, 2.24) is 9.55 Å². The Morgan fingerprint density at radius 3 is 2.95 bits per heavy atom. The van der Waals surface area contributed by atoms with Crippen molar-refractivity contribution in [2.24, 2.45) is 0 Å². The van der Waals surface area contributed by atoms with Crippen molar-refractivity contribution in [3.05, 3.63) is 52.1 Å². The Hall–Kier alpha value is -1.52. The van der Waals surface area contributed by atoms with E-state index in [9.17, 15) is 0 Å². The van der Waals surface area contributed by atoms with Crippen LogP contribution in [0.4, 0.5) is 0 Å². The molecule has 1 atom stereocenters. The zero-order chi connectivity index (χ0) is 14.1. The summed E-state index contributed by atoms with van der Waals surface area (Å²) in [5.41, 5.74) is 1.96. The van der Waals surface area contributed by atoms with Gasteiger partial charge in [0.2, 0.25) is 0 Å². The Morgan fingerprint density at radius 2 is 2.20 bits per heavy atom. The summed E-state index contributed by atoms with van der Waals surface area (Å²) in [4.78, 5) is 3.21. The highest BCUT2D eigenvalue weighted by molar-refractivity contribution is 7.71. The average Bonchev–Trinajstić information content (AvgIpc) is 3.03. The van der Waals surface area contributed by atoms with Crippen molar-refractivity contribution in [3.8, 4) is 0 Å². The number of H-pyrrole nitrogens is 1. The van der Waals surface area contributed by atoms with Gasteiger partial charge >= 0.3 is 0 Å². The first-order valence-electron chi connectivity index (χ1n) is 6.58. The second-order valence-corrected chi connectivity index (χ2v) is 5.70. The van der Waals surface area contributed by atoms with Crippen LogP contribution in [0.15, 0.2) is 41.0 Å². The van der Waals surface area contributed by atoms with Crippen molar-refractivity contribution in [1.29, 1.82) is 0 Å². The number of nitrogens with zero attached hydrogens (tertiary/aromatic N) is 1. The predicted molar refractivity (Wildman–Crippen MR) is 83.9 cm³/mol. The molecule has 0 fully saturated rings. The zero-order valence-electron chi connectivity index (χ0n) is 11.1. The number of rotatable bonds is 4. The van der Waals surface area contributed by atoms with Gasteiger partial charge in [0.15, 0.2) is 4.77 Å². The van der Waals surface area contributed by atoms with Crippen LogP contribution in [-0.4, -0.2) is 9.55 Å². The van der Waals surface area contributed by atoms with Gasteiger partial charge in [0.05, 0.1) is 22.3 Å². The molecule has 3 nitrogen and oxygen atoms in total. The van der Waals surface area contributed by atoms with Gasteiger partial charge in [-0.1, -0.05) is 17.7 Å². The fourth-order valence-corrected chi connectivity index (χ4v) is 3.14. The minimum absolute atomic E-state index is 0.251. The number of aromatic nitrogens is 2. The first kappa shape index (κ1) is 13.5. The molecule has 104 valence electrons. The van der Waals surface area contributed by atoms with Crippen molar-refractivity contribution in [2.75, 3.05) is 0 Å². The number of furan rings is 1. The molecular formula is C15H15ClN2OS. The molecule has 5 heteroatoms. The third-order valence-electron chi connectivity index (χ3n) is 3.52. The van der Waals surface area contributed by atoms with E-state index in [-0.39, 0.29) is 6.04 Å². The van der Waals surface area contributed by atoms with Crippen molar-refractivity contribution in [3.63, 3.8) is 0 Å². The topological polar surface area (TPSA) is 33.9 Å². The molecule has 20 heavy (non-hydrogen) atoms. The SMILES string of the molecule is CC(CCc1ccco1)n1c(=S)[nH]c2cccc(Cl)c21. The van der Waals surface area contributed by atoms with E-state index in [0.717, 1.165) is 34.7 Å². The second-order valence-electron chi connectivity index (χ2n) is 4.90. The summed E-state index contributed by atoms with van der Waals surface area (Å²) in [6.07, 6.45) is 3.53. The van der Waals surface area contributed by atoms with E-state index in [2.05, 4.69) is 16.5 Å². The molecule has 0 bridgehead atoms. The Kier molecular flexibility index (Phi) is 3.68. The van der Waals surface area contributed by atoms with Crippen LogP contribution in [-0.2, 0) is 6.42 Å². The van der Waals surface area contributed by atoms with Gasteiger partial charge in [-0.05, 0) is 49.8 Å². The monoisotopic (exact) mass is 306 g/mol. The number of imidazole rings is 1. The predicted octanol–water partition coefficient (Wildman–Crippen LogP) is 5.14. The van der Waals surface area contributed by atoms with E-state index in [1.54, 1.807) is 6.26 Å². The fourth-order valence-electron chi connectivity index (χ4n) is 2.49. The van der Waals surface area contributed by atoms with Gasteiger partial charge in [-0.15, -0.1) is 0 Å². The quantitative estimate of drug-likeness (QED) is 0.677. The highest BCUT2D eigenvalue weighted by atomic mass is 35.5. The van der Waals surface area contributed by atoms with E-state index < -0.39 is 0 Å². The molecule has 1 aromatic carbocycles. The van der Waals surface area contributed by atoms with Crippen LogP contribution in [0.25, 0.3) is 11.0 Å². The number of fused-ring (bicyclic) bond motifs is 1. The molecule has 0 amide bonds. The summed E-state index contributed by atoms with van der Waals surface area (Å²) in [6.45, 7) is 2.15. The molecular weight excluding hydrogens is 292 g/mol. The molecule has 0 aliphatic rings. The average molecular weight is 307 g/mol. The Bertz CT molecular complexity index is 773. The van der Waals surface area contributed by atoms with Crippen LogP contribution in [0.1, 0.15) is 25.1 Å². The van der Waals surface area contributed by atoms with E-state index >= 15 is 0 Å². The molecule has 0 aliphatic heterocycles. The third-order valence-corrected chi connectivity index (χ3v) is 4.12. The first-order chi connectivity index (χ1) is 9.66. The summed E-state index contributed by atoms with van der Waals surface area (Å²) < 4.78 is 8.18. The number of aryl methyl sites for hydroxylation is 1. The number of halogens is 1. The fraction of sp³-hybridized carbons (Fsp3) is 0.267. The molecule has 0 saturated heterocycles. The molecule has 3 aromatic rings. The molecule has 1 unspecified atom stereocenters. The lowest BCUT2D eigenvalue weighted by atomic mass is 10.1. The van der Waals surface area contributed by atoms with Crippen LogP contribution in [0, 0.1) is 4.77 Å². The number of hydrogen-bond acceptors (Lipinski definition) is 2. The minimum atomic E-state index is 0.251. The lowest BCUT2D eigenvalue weighted by Crippen LogP contribution is -2.06. The highest BCUT2D eigenvalue weighted by Crippen LogP contribution is 2.28. The molecule has 1 N–H and O–H groups in total. The smallest absolute Gasteiger partial charge is 0.178 e. The third kappa shape index (κ3) is 2.41. The van der Waals surface area contributed by atoms with E-state index in [1.807, 2.05) is 30.3 Å². The lowest BCUT2D eigenvalue weighted by Gasteiger charge is -2.14. The van der Waals surface area contributed by atoms with Gasteiger partial charge in [0.25, 0.3) is 0 Å². The van der Waals surface area contributed by atoms with Crippen LogP contribution in [0.3, 0.4) is 0 Å². The van der Waals surface area contributed by atoms with Crippen LogP contribution >= 0.6 is 23.8 Å². The largest absolute Gasteiger partial charge is 0.469 e. The maximum Gasteiger partial charge on any atom is 0.178 e. The molecule has 2 aromatic heterocycles. The molecule has 0 radical (unpaired) electrons. The van der Waals surface area contributed by atoms with Crippen molar-refractivity contribution in [2.45, 2.75) is 25.8 Å². The molecule has 0 saturated carbocycles. The second kappa shape index (κ2) is 5.46. The van der Waals surface area contributed by atoms with Crippen LogP contribution in [0.5, 0.6) is 0 Å². The summed E-state index contributed by atoms with van der Waals surface area (Å²) in [5.74, 6) is 0.995. The summed E-state index contributed by atoms with van der Waals surface area (Å²) in [7, 11) is 0. The standard InChI is InChI=1S/C15H15ClN2OS/c1-10(7-8-11-4-3-9-19-11)18-14-12(16)5-2-6-13(14)17-15(18)20/h2-6,9-10H,7-8H2,1H3,(H,17,20). The normalized spacial score (nSPS) is 12.9. The van der Waals surface area contributed by atoms with Gasteiger partial charge in [-0.3, -0.25) is 0 Å². The number of hydrogen-bond donors (Lipinski definition) is 1. The summed E-state index contributed by atoms with van der Waals surface area (Å²) >= 11 is 11.7. The van der Waals surface area contributed by atoms with Gasteiger partial charge in [0, 0.05) is 12.5 Å². The number of nitrogens with one attached hydrogen (secondary N) is 1. The molecule has 2 heterocycles. The van der Waals surface area contributed by atoms with Crippen molar-refractivity contribution < 1.29 is 4.42 Å². The number of para-hydroxylation sites is 1. The number of benzene rings is 1. The molecule has 0 aliphatic carbocycles. The van der Waals surface area contributed by atoms with E-state index in [1.165, 1.54) is 0 Å². The van der Waals surface area contributed by atoms with E-state index in [4.69, 9.17) is 28.2 Å². The van der Waals surface area contributed by atoms with E-state index in [0.29, 0.717) is 4.77 Å². The van der Waals surface area contributed by atoms with Gasteiger partial charge in [-0.2, -0.15) is 0 Å². The molecule has 0 spiro atoms. The van der Waals surface area contributed by atoms with Crippen LogP contribution in [0.2, 0.25) is 5.02 Å². The maximum atomic E-state index is 6.31. The summed E-state index contributed by atoms with van der Waals surface area (Å²) in [5, 5.41) is 0.722. The van der Waals surface area contributed by atoms with Gasteiger partial charge in [-0.25, -0.2) is 0 Å². The lowest BCUT2D eigenvalue weighted by molar-refractivity contribution is 0.455. The van der Waals surface area contributed by atoms with Crippen LogP contribution < -0.4 is 0 Å². The Labute approximate surface area is 127 Å².